The number of fused-ring (bicyclic) bond motifs is 1. The molecule has 0 aliphatic carbocycles. The van der Waals surface area contributed by atoms with Gasteiger partial charge in [-0.05, 0) is 29.9 Å². The highest BCUT2D eigenvalue weighted by molar-refractivity contribution is 7.89. The van der Waals surface area contributed by atoms with Gasteiger partial charge in [-0.25, -0.2) is 13.6 Å². The summed E-state index contributed by atoms with van der Waals surface area (Å²) in [6.45, 7) is 3.89. The molecule has 2 aromatic rings. The second-order valence-electron chi connectivity index (χ2n) is 4.69. The monoisotopic (exact) mass is 278 g/mol. The first-order valence-corrected chi connectivity index (χ1v) is 7.75. The molecule has 0 atom stereocenters. The molecule has 2 aromatic carbocycles. The first kappa shape index (κ1) is 13.8. The van der Waals surface area contributed by atoms with Crippen molar-refractivity contribution in [1.82, 2.24) is 0 Å². The molecule has 0 saturated carbocycles. The van der Waals surface area contributed by atoms with Crippen LogP contribution in [0.3, 0.4) is 0 Å². The van der Waals surface area contributed by atoms with Gasteiger partial charge in [0, 0.05) is 11.1 Å². The Kier molecular flexibility index (Phi) is 3.52. The third-order valence-corrected chi connectivity index (χ3v) is 4.40. The largest absolute Gasteiger partial charge is 0.398 e. The van der Waals surface area contributed by atoms with Crippen LogP contribution < -0.4 is 10.9 Å². The molecule has 0 spiro atoms. The number of nitrogen functional groups attached to an aromatic ring is 1. The Morgan fingerprint density at radius 2 is 1.74 bits per heavy atom. The summed E-state index contributed by atoms with van der Waals surface area (Å²) in [6.07, 6.45) is 1.41. The van der Waals surface area contributed by atoms with E-state index in [4.69, 9.17) is 10.9 Å². The van der Waals surface area contributed by atoms with Gasteiger partial charge in [0.05, 0.1) is 4.90 Å². The Hall–Kier alpha value is -1.59. The van der Waals surface area contributed by atoms with Crippen molar-refractivity contribution in [2.24, 2.45) is 5.14 Å². The number of hydrogen-bond donors (Lipinski definition) is 2. The maximum absolute atomic E-state index is 11.9. The predicted octanol–water partition coefficient (Wildman–Crippen LogP) is 2.33. The van der Waals surface area contributed by atoms with Gasteiger partial charge in [0.25, 0.3) is 0 Å². The zero-order valence-electron chi connectivity index (χ0n) is 11.1. The molecule has 19 heavy (non-hydrogen) atoms. The van der Waals surface area contributed by atoms with Crippen molar-refractivity contribution in [3.8, 4) is 0 Å². The molecular formula is C14H18N2O2S. The fourth-order valence-electron chi connectivity index (χ4n) is 2.49. The lowest BCUT2D eigenvalue weighted by Gasteiger charge is -2.17. The van der Waals surface area contributed by atoms with Gasteiger partial charge < -0.3 is 5.73 Å². The summed E-state index contributed by atoms with van der Waals surface area (Å²) in [4.78, 5) is 0.174. The minimum absolute atomic E-state index is 0.174. The van der Waals surface area contributed by atoms with E-state index in [2.05, 4.69) is 0 Å². The molecular weight excluding hydrogens is 260 g/mol. The van der Waals surface area contributed by atoms with E-state index in [1.165, 1.54) is 0 Å². The Morgan fingerprint density at radius 1 is 1.16 bits per heavy atom. The van der Waals surface area contributed by atoms with Gasteiger partial charge in [-0.2, -0.15) is 0 Å². The topological polar surface area (TPSA) is 86.2 Å². The highest BCUT2D eigenvalue weighted by Gasteiger charge is 2.21. The summed E-state index contributed by atoms with van der Waals surface area (Å²) in [5.74, 6) is 0. The summed E-state index contributed by atoms with van der Waals surface area (Å²) in [5, 5.41) is 6.88. The second kappa shape index (κ2) is 4.83. The quantitative estimate of drug-likeness (QED) is 0.845. The molecule has 0 aromatic heterocycles. The minimum Gasteiger partial charge on any atom is -0.398 e. The van der Waals surface area contributed by atoms with Crippen LogP contribution in [0.15, 0.2) is 29.2 Å². The third kappa shape index (κ3) is 2.31. The van der Waals surface area contributed by atoms with Gasteiger partial charge in [-0.1, -0.05) is 37.6 Å². The van der Waals surface area contributed by atoms with E-state index in [0.29, 0.717) is 23.1 Å². The molecule has 4 nitrogen and oxygen atoms in total. The number of aryl methyl sites for hydroxylation is 1. The summed E-state index contributed by atoms with van der Waals surface area (Å²) in [6, 6.07) is 7.32. The zero-order chi connectivity index (χ0) is 14.2. The third-order valence-electron chi connectivity index (χ3n) is 3.36. The van der Waals surface area contributed by atoms with Crippen molar-refractivity contribution in [3.63, 3.8) is 0 Å². The van der Waals surface area contributed by atoms with E-state index < -0.39 is 10.0 Å². The summed E-state index contributed by atoms with van der Waals surface area (Å²) in [7, 11) is -3.80. The highest BCUT2D eigenvalue weighted by atomic mass is 32.2. The van der Waals surface area contributed by atoms with E-state index >= 15 is 0 Å². The van der Waals surface area contributed by atoms with Gasteiger partial charge in [0.1, 0.15) is 0 Å². The van der Waals surface area contributed by atoms with Gasteiger partial charge in [0.2, 0.25) is 10.0 Å². The van der Waals surface area contributed by atoms with E-state index in [1.54, 1.807) is 6.07 Å². The van der Waals surface area contributed by atoms with Gasteiger partial charge >= 0.3 is 0 Å². The van der Waals surface area contributed by atoms with E-state index in [9.17, 15) is 8.42 Å². The number of anilines is 1. The number of primary sulfonamides is 1. The standard InChI is InChI=1S/C14H18N2O2S/c1-3-6-12-13(15)9(2)10-7-4-5-8-11(10)14(12)19(16,17)18/h4-5,7-8H,3,6,15H2,1-2H3,(H2,16,17,18). The Balaban J connectivity index is 3.03. The van der Waals surface area contributed by atoms with Crippen molar-refractivity contribution in [1.29, 1.82) is 0 Å². The molecule has 0 radical (unpaired) electrons. The lowest BCUT2D eigenvalue weighted by Crippen LogP contribution is -2.17. The molecule has 0 aliphatic rings. The summed E-state index contributed by atoms with van der Waals surface area (Å²) in [5.41, 5.74) is 8.19. The highest BCUT2D eigenvalue weighted by Crippen LogP contribution is 2.35. The Bertz CT molecular complexity index is 737. The maximum atomic E-state index is 11.9. The summed E-state index contributed by atoms with van der Waals surface area (Å²) < 4.78 is 23.9. The molecule has 4 N–H and O–H groups in total. The lowest BCUT2D eigenvalue weighted by molar-refractivity contribution is 0.597. The Labute approximate surface area is 113 Å². The zero-order valence-corrected chi connectivity index (χ0v) is 11.9. The minimum atomic E-state index is -3.80. The maximum Gasteiger partial charge on any atom is 0.239 e. The van der Waals surface area contributed by atoms with Crippen LogP contribution in [0.2, 0.25) is 0 Å². The second-order valence-corrected chi connectivity index (χ2v) is 6.19. The van der Waals surface area contributed by atoms with Crippen molar-refractivity contribution >= 4 is 26.5 Å². The summed E-state index contributed by atoms with van der Waals surface area (Å²) >= 11 is 0. The number of hydrogen-bond acceptors (Lipinski definition) is 3. The number of benzene rings is 2. The van der Waals surface area contributed by atoms with Gasteiger partial charge in [0.15, 0.2) is 0 Å². The van der Waals surface area contributed by atoms with Crippen molar-refractivity contribution in [3.05, 3.63) is 35.4 Å². The van der Waals surface area contributed by atoms with Crippen LogP contribution in [0, 0.1) is 6.92 Å². The van der Waals surface area contributed by atoms with E-state index in [1.807, 2.05) is 32.0 Å². The number of nitrogens with two attached hydrogens (primary N) is 2. The van der Waals surface area contributed by atoms with Crippen LogP contribution in [-0.2, 0) is 16.4 Å². The SMILES string of the molecule is CCCc1c(N)c(C)c2ccccc2c1S(N)(=O)=O. The van der Waals surface area contributed by atoms with E-state index in [-0.39, 0.29) is 4.90 Å². The fraction of sp³-hybridized carbons (Fsp3) is 0.286. The van der Waals surface area contributed by atoms with Gasteiger partial charge in [-0.15, -0.1) is 0 Å². The first-order chi connectivity index (χ1) is 8.88. The molecule has 5 heteroatoms. The molecule has 0 bridgehead atoms. The molecule has 0 amide bonds. The molecule has 0 saturated heterocycles. The average Bonchev–Trinajstić information content (AvgIpc) is 2.34. The van der Waals surface area contributed by atoms with Crippen molar-refractivity contribution < 1.29 is 8.42 Å². The smallest absolute Gasteiger partial charge is 0.239 e. The van der Waals surface area contributed by atoms with Crippen LogP contribution in [0.4, 0.5) is 5.69 Å². The van der Waals surface area contributed by atoms with Crippen LogP contribution in [-0.4, -0.2) is 8.42 Å². The molecule has 0 fully saturated rings. The van der Waals surface area contributed by atoms with Crippen LogP contribution >= 0.6 is 0 Å². The molecule has 0 unspecified atom stereocenters. The fourth-order valence-corrected chi connectivity index (χ4v) is 3.53. The molecule has 0 aliphatic heterocycles. The average molecular weight is 278 g/mol. The number of sulfonamides is 1. The van der Waals surface area contributed by atoms with E-state index in [0.717, 1.165) is 17.4 Å². The lowest BCUT2D eigenvalue weighted by atomic mass is 9.97. The first-order valence-electron chi connectivity index (χ1n) is 6.20. The molecule has 2 rings (SSSR count). The normalized spacial score (nSPS) is 11.9. The van der Waals surface area contributed by atoms with Crippen LogP contribution in [0.25, 0.3) is 10.8 Å². The Morgan fingerprint density at radius 3 is 2.26 bits per heavy atom. The van der Waals surface area contributed by atoms with Gasteiger partial charge in [-0.3, -0.25) is 0 Å². The van der Waals surface area contributed by atoms with Crippen LogP contribution in [0.1, 0.15) is 24.5 Å². The number of rotatable bonds is 3. The van der Waals surface area contributed by atoms with Crippen molar-refractivity contribution in [2.45, 2.75) is 31.6 Å². The molecule has 0 heterocycles. The van der Waals surface area contributed by atoms with Crippen LogP contribution in [0.5, 0.6) is 0 Å². The van der Waals surface area contributed by atoms with Crippen molar-refractivity contribution in [2.75, 3.05) is 5.73 Å². The predicted molar refractivity (Wildman–Crippen MR) is 78.5 cm³/mol. The molecule has 102 valence electrons.